The summed E-state index contributed by atoms with van der Waals surface area (Å²) < 4.78 is 2.97. The molecule has 0 bridgehead atoms. The molecule has 1 heterocycles. The molecule has 0 radical (unpaired) electrons. The number of nitrogens with one attached hydrogen (secondary N) is 1. The van der Waals surface area contributed by atoms with Crippen molar-refractivity contribution >= 4 is 12.2 Å². The highest BCUT2D eigenvalue weighted by Gasteiger charge is 2.19. The van der Waals surface area contributed by atoms with Gasteiger partial charge in [0.2, 0.25) is 0 Å². The van der Waals surface area contributed by atoms with Crippen LogP contribution in [0, 0.1) is 16.6 Å². The average molecular weight is 267 g/mol. The van der Waals surface area contributed by atoms with Crippen molar-refractivity contribution in [1.82, 2.24) is 14.8 Å². The van der Waals surface area contributed by atoms with Gasteiger partial charge in [-0.05, 0) is 30.5 Å². The van der Waals surface area contributed by atoms with Crippen LogP contribution >= 0.6 is 12.2 Å². The van der Waals surface area contributed by atoms with Gasteiger partial charge in [-0.25, -0.2) is 0 Å². The van der Waals surface area contributed by atoms with Crippen LogP contribution < -0.4 is 0 Å². The van der Waals surface area contributed by atoms with E-state index < -0.39 is 0 Å². The van der Waals surface area contributed by atoms with Crippen LogP contribution in [0.2, 0.25) is 0 Å². The Balaban J connectivity index is 1.94. The monoisotopic (exact) mass is 267 g/mol. The molecular weight excluding hydrogens is 242 g/mol. The molecule has 0 unspecified atom stereocenters. The Morgan fingerprint density at radius 2 is 2.00 bits per heavy atom. The first-order valence-electron chi connectivity index (χ1n) is 7.23. The van der Waals surface area contributed by atoms with Gasteiger partial charge in [0, 0.05) is 12.5 Å². The van der Waals surface area contributed by atoms with E-state index in [-0.39, 0.29) is 0 Å². The van der Waals surface area contributed by atoms with Gasteiger partial charge in [-0.3, -0.25) is 5.10 Å². The van der Waals surface area contributed by atoms with Crippen molar-refractivity contribution in [2.75, 3.05) is 0 Å². The third-order valence-electron chi connectivity index (χ3n) is 4.20. The molecule has 4 heteroatoms. The highest BCUT2D eigenvalue weighted by Crippen LogP contribution is 2.30. The Morgan fingerprint density at radius 3 is 2.61 bits per heavy atom. The minimum atomic E-state index is 0.435. The lowest BCUT2D eigenvalue weighted by Crippen LogP contribution is -2.15. The van der Waals surface area contributed by atoms with Gasteiger partial charge in [0.05, 0.1) is 0 Å². The summed E-state index contributed by atoms with van der Waals surface area (Å²) in [6.07, 6.45) is 6.84. The second-order valence-corrected chi connectivity index (χ2v) is 6.49. The van der Waals surface area contributed by atoms with Gasteiger partial charge >= 0.3 is 0 Å². The minimum Gasteiger partial charge on any atom is -0.304 e. The minimum absolute atomic E-state index is 0.435. The zero-order valence-electron chi connectivity index (χ0n) is 11.8. The van der Waals surface area contributed by atoms with E-state index in [1.165, 1.54) is 32.1 Å². The van der Waals surface area contributed by atoms with E-state index in [2.05, 4.69) is 35.5 Å². The summed E-state index contributed by atoms with van der Waals surface area (Å²) in [7, 11) is 0. The van der Waals surface area contributed by atoms with Gasteiger partial charge in [-0.2, -0.15) is 5.10 Å². The molecule has 0 amide bonds. The molecule has 2 rings (SSSR count). The fourth-order valence-corrected chi connectivity index (χ4v) is 3.15. The standard InChI is InChI=1S/C14H25N3S/c1-10(2)13-15-16-14(18)17(13)9-8-12-6-4-11(3)5-7-12/h10-12H,4-9H2,1-3H3,(H,16,18). The molecule has 1 N–H and O–H groups in total. The van der Waals surface area contributed by atoms with Crippen molar-refractivity contribution in [3.05, 3.63) is 10.6 Å². The van der Waals surface area contributed by atoms with Crippen molar-refractivity contribution in [2.24, 2.45) is 11.8 Å². The molecule has 0 saturated heterocycles. The van der Waals surface area contributed by atoms with Gasteiger partial charge in [-0.15, -0.1) is 0 Å². The quantitative estimate of drug-likeness (QED) is 0.826. The maximum Gasteiger partial charge on any atom is 0.195 e. The first-order chi connectivity index (χ1) is 8.58. The Bertz CT molecular complexity index is 424. The average Bonchev–Trinajstić information content (AvgIpc) is 2.70. The van der Waals surface area contributed by atoms with Crippen molar-refractivity contribution < 1.29 is 0 Å². The summed E-state index contributed by atoms with van der Waals surface area (Å²) in [6.45, 7) is 7.74. The molecule has 1 aromatic heterocycles. The second kappa shape index (κ2) is 6.00. The van der Waals surface area contributed by atoms with Gasteiger partial charge in [0.25, 0.3) is 0 Å². The second-order valence-electron chi connectivity index (χ2n) is 6.11. The van der Waals surface area contributed by atoms with Gasteiger partial charge in [0.1, 0.15) is 5.82 Å². The van der Waals surface area contributed by atoms with Crippen LogP contribution in [0.25, 0.3) is 0 Å². The number of hydrogen-bond acceptors (Lipinski definition) is 2. The molecule has 0 aromatic carbocycles. The number of aromatic nitrogens is 3. The maximum absolute atomic E-state index is 5.32. The maximum atomic E-state index is 5.32. The van der Waals surface area contributed by atoms with E-state index in [1.807, 2.05) is 0 Å². The predicted octanol–water partition coefficient (Wildman–Crippen LogP) is 4.28. The molecule has 0 aliphatic heterocycles. The Labute approximate surface area is 115 Å². The molecule has 1 fully saturated rings. The van der Waals surface area contributed by atoms with E-state index in [9.17, 15) is 0 Å². The number of nitrogens with zero attached hydrogens (tertiary/aromatic N) is 2. The van der Waals surface area contributed by atoms with Crippen LogP contribution in [0.1, 0.15) is 64.6 Å². The highest BCUT2D eigenvalue weighted by molar-refractivity contribution is 7.71. The third kappa shape index (κ3) is 3.22. The zero-order valence-corrected chi connectivity index (χ0v) is 12.6. The number of H-pyrrole nitrogens is 1. The SMILES string of the molecule is CC1CCC(CCn2c(C(C)C)n[nH]c2=S)CC1. The first kappa shape index (κ1) is 13.8. The molecular formula is C14H25N3S. The molecule has 0 spiro atoms. The zero-order chi connectivity index (χ0) is 13.1. The topological polar surface area (TPSA) is 33.6 Å². The molecule has 18 heavy (non-hydrogen) atoms. The summed E-state index contributed by atoms with van der Waals surface area (Å²) >= 11 is 5.32. The largest absolute Gasteiger partial charge is 0.304 e. The molecule has 102 valence electrons. The van der Waals surface area contributed by atoms with Crippen molar-refractivity contribution in [3.63, 3.8) is 0 Å². The number of rotatable bonds is 4. The third-order valence-corrected chi connectivity index (χ3v) is 4.51. The van der Waals surface area contributed by atoms with E-state index in [4.69, 9.17) is 12.2 Å². The summed E-state index contributed by atoms with van der Waals surface area (Å²) in [5.41, 5.74) is 0. The van der Waals surface area contributed by atoms with Crippen LogP contribution in [-0.4, -0.2) is 14.8 Å². The summed E-state index contributed by atoms with van der Waals surface area (Å²) in [4.78, 5) is 0. The van der Waals surface area contributed by atoms with Gasteiger partial charge in [-0.1, -0.05) is 46.5 Å². The molecule has 3 nitrogen and oxygen atoms in total. The summed E-state index contributed by atoms with van der Waals surface area (Å²) in [5, 5.41) is 7.27. The van der Waals surface area contributed by atoms with E-state index >= 15 is 0 Å². The molecule has 1 aromatic rings. The summed E-state index contributed by atoms with van der Waals surface area (Å²) in [6, 6.07) is 0. The Morgan fingerprint density at radius 1 is 1.33 bits per heavy atom. The normalized spacial score (nSPS) is 24.7. The molecule has 1 saturated carbocycles. The Kier molecular flexibility index (Phi) is 4.60. The molecule has 1 aliphatic rings. The van der Waals surface area contributed by atoms with E-state index in [0.717, 1.165) is 29.0 Å². The van der Waals surface area contributed by atoms with Crippen LogP contribution in [0.4, 0.5) is 0 Å². The highest BCUT2D eigenvalue weighted by atomic mass is 32.1. The van der Waals surface area contributed by atoms with Crippen molar-refractivity contribution in [1.29, 1.82) is 0 Å². The van der Waals surface area contributed by atoms with Crippen LogP contribution in [0.3, 0.4) is 0 Å². The smallest absolute Gasteiger partial charge is 0.195 e. The van der Waals surface area contributed by atoms with Crippen molar-refractivity contribution in [2.45, 2.75) is 65.3 Å². The van der Waals surface area contributed by atoms with Gasteiger partial charge < -0.3 is 4.57 Å². The molecule has 0 atom stereocenters. The van der Waals surface area contributed by atoms with Crippen LogP contribution in [0.5, 0.6) is 0 Å². The molecule has 1 aliphatic carbocycles. The van der Waals surface area contributed by atoms with E-state index in [1.54, 1.807) is 0 Å². The van der Waals surface area contributed by atoms with Gasteiger partial charge in [0.15, 0.2) is 4.77 Å². The lowest BCUT2D eigenvalue weighted by atomic mass is 9.81. The van der Waals surface area contributed by atoms with Crippen LogP contribution in [-0.2, 0) is 6.54 Å². The number of hydrogen-bond donors (Lipinski definition) is 1. The predicted molar refractivity (Wildman–Crippen MR) is 77.2 cm³/mol. The number of aromatic amines is 1. The van der Waals surface area contributed by atoms with E-state index in [0.29, 0.717) is 5.92 Å². The fraction of sp³-hybridized carbons (Fsp3) is 0.857. The lowest BCUT2D eigenvalue weighted by Gasteiger charge is -2.26. The first-order valence-corrected chi connectivity index (χ1v) is 7.63. The fourth-order valence-electron chi connectivity index (χ4n) is 2.92. The lowest BCUT2D eigenvalue weighted by molar-refractivity contribution is 0.267. The van der Waals surface area contributed by atoms with Crippen LogP contribution in [0.15, 0.2) is 0 Å². The Hall–Kier alpha value is -0.640. The van der Waals surface area contributed by atoms with Crippen molar-refractivity contribution in [3.8, 4) is 0 Å². The summed E-state index contributed by atoms with van der Waals surface area (Å²) in [5.74, 6) is 3.36.